The summed E-state index contributed by atoms with van der Waals surface area (Å²) in [5, 5.41) is 28.9. The van der Waals surface area contributed by atoms with E-state index in [1.54, 1.807) is 24.3 Å². The minimum absolute atomic E-state index is 0.0152. The van der Waals surface area contributed by atoms with Gasteiger partial charge in [-0.15, -0.1) is 0 Å². The zero-order valence-electron chi connectivity index (χ0n) is 21.8. The van der Waals surface area contributed by atoms with Gasteiger partial charge in [0.1, 0.15) is 17.2 Å². The van der Waals surface area contributed by atoms with Crippen molar-refractivity contribution in [1.82, 2.24) is 4.90 Å². The highest BCUT2D eigenvalue weighted by Gasteiger charge is 2.32. The first kappa shape index (κ1) is 29.0. The normalized spacial score (nSPS) is 17.8. The Hall–Kier alpha value is -2.58. The summed E-state index contributed by atoms with van der Waals surface area (Å²) in [6, 6.07) is 12.6. The molecule has 7 nitrogen and oxygen atoms in total. The number of unbranched alkanes of at least 4 members (excludes halogenated alkanes) is 3. The van der Waals surface area contributed by atoms with Gasteiger partial charge in [-0.3, -0.25) is 13.9 Å². The summed E-state index contributed by atoms with van der Waals surface area (Å²) >= 11 is 0. The third-order valence-corrected chi connectivity index (χ3v) is 8.53. The first-order valence-corrected chi connectivity index (χ1v) is 14.9. The second-order valence-corrected chi connectivity index (χ2v) is 11.6. The van der Waals surface area contributed by atoms with E-state index in [0.29, 0.717) is 25.4 Å². The highest BCUT2D eigenvalue weighted by atomic mass is 32.2. The van der Waals surface area contributed by atoms with Gasteiger partial charge in [0.2, 0.25) is 0 Å². The number of benzene rings is 2. The van der Waals surface area contributed by atoms with Crippen LogP contribution in [0.1, 0.15) is 74.8 Å². The van der Waals surface area contributed by atoms with Gasteiger partial charge in [-0.1, -0.05) is 44.4 Å². The van der Waals surface area contributed by atoms with Crippen LogP contribution in [0, 0.1) is 0 Å². The van der Waals surface area contributed by atoms with Crippen molar-refractivity contribution in [3.05, 3.63) is 53.6 Å². The molecule has 0 saturated carbocycles. The molecule has 0 spiro atoms. The number of aromatic hydroxyl groups is 2. The van der Waals surface area contributed by atoms with E-state index in [1.165, 1.54) is 0 Å². The van der Waals surface area contributed by atoms with Crippen molar-refractivity contribution in [3.63, 3.8) is 0 Å². The summed E-state index contributed by atoms with van der Waals surface area (Å²) in [5.74, 6) is 2.06. The van der Waals surface area contributed by atoms with E-state index in [9.17, 15) is 24.3 Å². The molecule has 0 saturated heterocycles. The van der Waals surface area contributed by atoms with Gasteiger partial charge in [0, 0.05) is 34.3 Å². The summed E-state index contributed by atoms with van der Waals surface area (Å²) in [4.78, 5) is 13.3. The SMILES string of the molecule is CCCCS(=O)CCCN(CCCCC[C@@H]1c2ccc(O)cc2OC[C@@H]1c1ccc(O)cc1)CC(=O)O. The summed E-state index contributed by atoms with van der Waals surface area (Å²) < 4.78 is 18.0. The molecule has 204 valence electrons. The monoisotopic (exact) mass is 531 g/mol. The van der Waals surface area contributed by atoms with Crippen molar-refractivity contribution >= 4 is 16.8 Å². The zero-order chi connectivity index (χ0) is 26.6. The van der Waals surface area contributed by atoms with Crippen LogP contribution in [0.25, 0.3) is 0 Å². The number of phenolic OH excluding ortho intramolecular Hbond substituents is 2. The fourth-order valence-corrected chi connectivity index (χ4v) is 6.33. The van der Waals surface area contributed by atoms with Crippen LogP contribution < -0.4 is 4.74 Å². The Bertz CT molecular complexity index is 1010. The molecule has 2 aromatic carbocycles. The Morgan fingerprint density at radius 2 is 1.68 bits per heavy atom. The number of fused-ring (bicyclic) bond motifs is 1. The Kier molecular flexibility index (Phi) is 11.7. The van der Waals surface area contributed by atoms with Crippen molar-refractivity contribution in [1.29, 1.82) is 0 Å². The smallest absolute Gasteiger partial charge is 0.317 e. The molecule has 37 heavy (non-hydrogen) atoms. The molecule has 3 N–H and O–H groups in total. The molecular formula is C29H41NO6S. The van der Waals surface area contributed by atoms with E-state index < -0.39 is 16.8 Å². The maximum atomic E-state index is 12.0. The molecule has 0 amide bonds. The molecule has 0 radical (unpaired) electrons. The molecular weight excluding hydrogens is 490 g/mol. The lowest BCUT2D eigenvalue weighted by molar-refractivity contribution is -0.138. The first-order chi connectivity index (χ1) is 17.9. The fourth-order valence-electron chi connectivity index (χ4n) is 5.07. The molecule has 0 fully saturated rings. The number of hydrogen-bond donors (Lipinski definition) is 3. The minimum atomic E-state index is -0.828. The molecule has 0 aliphatic carbocycles. The Balaban J connectivity index is 1.53. The molecule has 1 aliphatic heterocycles. The molecule has 1 aliphatic rings. The highest BCUT2D eigenvalue weighted by molar-refractivity contribution is 7.84. The molecule has 2 aromatic rings. The average molecular weight is 532 g/mol. The van der Waals surface area contributed by atoms with Gasteiger partial charge < -0.3 is 20.1 Å². The van der Waals surface area contributed by atoms with E-state index in [1.807, 2.05) is 23.1 Å². The van der Waals surface area contributed by atoms with Gasteiger partial charge in [-0.25, -0.2) is 0 Å². The third kappa shape index (κ3) is 9.34. The van der Waals surface area contributed by atoms with E-state index >= 15 is 0 Å². The Morgan fingerprint density at radius 1 is 0.973 bits per heavy atom. The number of nitrogens with zero attached hydrogens (tertiary/aromatic N) is 1. The molecule has 0 bridgehead atoms. The predicted octanol–water partition coefficient (Wildman–Crippen LogP) is 5.24. The van der Waals surface area contributed by atoms with Gasteiger partial charge in [0.05, 0.1) is 13.2 Å². The van der Waals surface area contributed by atoms with Crippen LogP contribution in [-0.4, -0.2) is 68.1 Å². The fraction of sp³-hybridized carbons (Fsp3) is 0.552. The van der Waals surface area contributed by atoms with Gasteiger partial charge in [0.25, 0.3) is 0 Å². The molecule has 1 unspecified atom stereocenters. The van der Waals surface area contributed by atoms with E-state index in [0.717, 1.165) is 67.6 Å². The van der Waals surface area contributed by atoms with Crippen LogP contribution in [0.2, 0.25) is 0 Å². The largest absolute Gasteiger partial charge is 0.508 e. The number of phenols is 2. The van der Waals surface area contributed by atoms with E-state index in [2.05, 4.69) is 6.92 Å². The molecule has 3 atom stereocenters. The van der Waals surface area contributed by atoms with Crippen molar-refractivity contribution in [2.75, 3.05) is 37.7 Å². The quantitative estimate of drug-likeness (QED) is 0.254. The summed E-state index contributed by atoms with van der Waals surface area (Å²) in [6.45, 7) is 3.99. The van der Waals surface area contributed by atoms with Crippen LogP contribution in [0.15, 0.2) is 42.5 Å². The van der Waals surface area contributed by atoms with Crippen LogP contribution >= 0.6 is 0 Å². The van der Waals surface area contributed by atoms with Crippen LogP contribution in [0.3, 0.4) is 0 Å². The Labute approximate surface area is 222 Å². The molecule has 1 heterocycles. The number of carboxylic acid groups (broad SMARTS) is 1. The lowest BCUT2D eigenvalue weighted by atomic mass is 9.77. The second-order valence-electron chi connectivity index (χ2n) is 9.91. The van der Waals surface area contributed by atoms with Crippen LogP contribution in [0.4, 0.5) is 0 Å². The lowest BCUT2D eigenvalue weighted by Crippen LogP contribution is -2.32. The Morgan fingerprint density at radius 3 is 2.41 bits per heavy atom. The van der Waals surface area contributed by atoms with E-state index in [-0.39, 0.29) is 29.9 Å². The van der Waals surface area contributed by atoms with Crippen molar-refractivity contribution < 1.29 is 29.1 Å². The first-order valence-electron chi connectivity index (χ1n) is 13.4. The summed E-state index contributed by atoms with van der Waals surface area (Å²) in [6.07, 6.45) is 6.58. The van der Waals surface area contributed by atoms with Gasteiger partial charge in [-0.2, -0.15) is 0 Å². The standard InChI is InChI=1S/C29H41NO6S/c1-2-3-17-37(35)18-7-16-30(20-29(33)34)15-6-4-5-8-25-26-14-13-24(32)19-28(26)36-21-27(25)22-9-11-23(31)12-10-22/h9-14,19,25,27,31-32H,2-8,15-18,20-21H2,1H3,(H,33,34)/t25-,27-,37?/m1/s1. The van der Waals surface area contributed by atoms with Gasteiger partial charge >= 0.3 is 5.97 Å². The minimum Gasteiger partial charge on any atom is -0.508 e. The maximum Gasteiger partial charge on any atom is 0.317 e. The van der Waals surface area contributed by atoms with Crippen molar-refractivity contribution in [3.8, 4) is 17.2 Å². The molecule has 8 heteroatoms. The number of aliphatic carboxylic acids is 1. The number of hydrogen-bond acceptors (Lipinski definition) is 6. The van der Waals surface area contributed by atoms with Crippen molar-refractivity contribution in [2.24, 2.45) is 0 Å². The lowest BCUT2D eigenvalue weighted by Gasteiger charge is -2.34. The summed E-state index contributed by atoms with van der Waals surface area (Å²) in [5.41, 5.74) is 2.20. The number of carbonyl (C=O) groups is 1. The average Bonchev–Trinajstić information content (AvgIpc) is 2.87. The zero-order valence-corrected chi connectivity index (χ0v) is 22.6. The van der Waals surface area contributed by atoms with Crippen LogP contribution in [-0.2, 0) is 15.6 Å². The number of ether oxygens (including phenoxy) is 1. The highest BCUT2D eigenvalue weighted by Crippen LogP contribution is 2.46. The van der Waals surface area contributed by atoms with Crippen LogP contribution in [0.5, 0.6) is 17.2 Å². The van der Waals surface area contributed by atoms with Gasteiger partial charge in [0.15, 0.2) is 0 Å². The second kappa shape index (κ2) is 15.0. The number of rotatable bonds is 16. The number of carboxylic acids is 1. The van der Waals surface area contributed by atoms with Crippen molar-refractivity contribution in [2.45, 2.75) is 63.7 Å². The third-order valence-electron chi connectivity index (χ3n) is 7.04. The maximum absolute atomic E-state index is 12.0. The predicted molar refractivity (Wildman–Crippen MR) is 147 cm³/mol. The summed E-state index contributed by atoms with van der Waals surface area (Å²) in [7, 11) is -0.815. The topological polar surface area (TPSA) is 107 Å². The van der Waals surface area contributed by atoms with E-state index in [4.69, 9.17) is 4.74 Å². The van der Waals surface area contributed by atoms with Gasteiger partial charge in [-0.05, 0) is 74.0 Å². The molecule has 3 rings (SSSR count). The molecule has 0 aromatic heterocycles.